The van der Waals surface area contributed by atoms with Gasteiger partial charge in [-0.25, -0.2) is 0 Å². The Balaban J connectivity index is 1.88. The van der Waals surface area contributed by atoms with E-state index < -0.39 is 0 Å². The van der Waals surface area contributed by atoms with Crippen LogP contribution in [0.1, 0.15) is 12.5 Å². The molecule has 1 heterocycles. The number of hydrazone groups is 1. The molecule has 0 radical (unpaired) electrons. The maximum Gasteiger partial charge on any atom is 0.252 e. The van der Waals surface area contributed by atoms with Crippen molar-refractivity contribution in [2.75, 3.05) is 12.0 Å². The third-order valence-corrected chi connectivity index (χ3v) is 3.84. The van der Waals surface area contributed by atoms with Crippen molar-refractivity contribution >= 4 is 22.8 Å². The number of pyridine rings is 1. The van der Waals surface area contributed by atoms with E-state index in [9.17, 15) is 9.90 Å². The van der Waals surface area contributed by atoms with Crippen molar-refractivity contribution in [3.05, 3.63) is 64.4 Å². The molecule has 0 bridgehead atoms. The number of para-hydroxylation sites is 1. The first-order valence-electron chi connectivity index (χ1n) is 7.94. The van der Waals surface area contributed by atoms with E-state index in [1.54, 1.807) is 36.0 Å². The van der Waals surface area contributed by atoms with Gasteiger partial charge in [-0.05, 0) is 36.8 Å². The van der Waals surface area contributed by atoms with Crippen molar-refractivity contribution in [2.45, 2.75) is 6.92 Å². The zero-order chi connectivity index (χ0) is 17.8. The van der Waals surface area contributed by atoms with E-state index in [0.29, 0.717) is 18.0 Å². The van der Waals surface area contributed by atoms with Crippen LogP contribution in [0.4, 0.5) is 5.69 Å². The number of phenols is 1. The first-order valence-corrected chi connectivity index (χ1v) is 7.94. The second-order valence-corrected chi connectivity index (χ2v) is 5.50. The number of ether oxygens (including phenoxy) is 1. The molecule has 128 valence electrons. The Morgan fingerprint density at radius 1 is 1.24 bits per heavy atom. The lowest BCUT2D eigenvalue weighted by Crippen LogP contribution is -2.16. The lowest BCUT2D eigenvalue weighted by molar-refractivity contribution is 0.318. The summed E-state index contributed by atoms with van der Waals surface area (Å²) in [5.41, 5.74) is 5.04. The Kier molecular flexibility index (Phi) is 4.70. The van der Waals surface area contributed by atoms with Gasteiger partial charge < -0.3 is 14.4 Å². The Labute approximate surface area is 145 Å². The number of hydrogen-bond acceptors (Lipinski definition) is 5. The van der Waals surface area contributed by atoms with E-state index in [1.807, 2.05) is 31.2 Å². The fourth-order valence-electron chi connectivity index (χ4n) is 2.56. The minimum Gasteiger partial charge on any atom is -0.504 e. The average Bonchev–Trinajstić information content (AvgIpc) is 2.62. The van der Waals surface area contributed by atoms with E-state index in [2.05, 4.69) is 10.5 Å². The molecule has 0 saturated heterocycles. The standard InChI is InChI=1S/C19H19N3O3/c1-3-25-18-10-13(8-9-17(18)23)12-20-21-15-11-19(24)22(2)16-7-5-4-6-14(15)16/h4-12,21,23H,3H2,1-2H3/b20-12+. The minimum absolute atomic E-state index is 0.0875. The zero-order valence-corrected chi connectivity index (χ0v) is 14.1. The number of fused-ring (bicyclic) bond motifs is 1. The molecule has 0 aliphatic heterocycles. The lowest BCUT2D eigenvalue weighted by atomic mass is 10.2. The zero-order valence-electron chi connectivity index (χ0n) is 14.1. The van der Waals surface area contributed by atoms with Crippen molar-refractivity contribution in [1.82, 2.24) is 4.57 Å². The third-order valence-electron chi connectivity index (χ3n) is 3.84. The first kappa shape index (κ1) is 16.6. The number of aromatic hydroxyl groups is 1. The van der Waals surface area contributed by atoms with Crippen LogP contribution in [0.3, 0.4) is 0 Å². The van der Waals surface area contributed by atoms with Crippen LogP contribution in [0, 0.1) is 0 Å². The summed E-state index contributed by atoms with van der Waals surface area (Å²) in [6.07, 6.45) is 1.61. The Hall–Kier alpha value is -3.28. The lowest BCUT2D eigenvalue weighted by Gasteiger charge is -2.09. The van der Waals surface area contributed by atoms with Gasteiger partial charge in [-0.2, -0.15) is 5.10 Å². The number of nitrogens with zero attached hydrogens (tertiary/aromatic N) is 2. The molecule has 3 rings (SSSR count). The summed E-state index contributed by atoms with van der Waals surface area (Å²) in [6, 6.07) is 14.1. The summed E-state index contributed by atoms with van der Waals surface area (Å²) in [5, 5.41) is 14.8. The quantitative estimate of drug-likeness (QED) is 0.554. The summed E-state index contributed by atoms with van der Waals surface area (Å²) in [5.74, 6) is 0.495. The molecule has 0 amide bonds. The Morgan fingerprint density at radius 2 is 2.04 bits per heavy atom. The summed E-state index contributed by atoms with van der Waals surface area (Å²) >= 11 is 0. The van der Waals surface area contributed by atoms with Crippen molar-refractivity contribution in [3.63, 3.8) is 0 Å². The van der Waals surface area contributed by atoms with E-state index in [1.165, 1.54) is 6.07 Å². The highest BCUT2D eigenvalue weighted by atomic mass is 16.5. The molecule has 0 atom stereocenters. The predicted molar refractivity (Wildman–Crippen MR) is 99.7 cm³/mol. The van der Waals surface area contributed by atoms with Gasteiger partial charge in [0.15, 0.2) is 11.5 Å². The molecule has 0 fully saturated rings. The third kappa shape index (κ3) is 3.47. The molecule has 0 spiro atoms. The molecule has 1 aromatic heterocycles. The number of phenolic OH excluding ortho intramolecular Hbond substituents is 1. The van der Waals surface area contributed by atoms with Crippen LogP contribution in [-0.4, -0.2) is 22.5 Å². The molecule has 6 heteroatoms. The van der Waals surface area contributed by atoms with E-state index in [4.69, 9.17) is 4.74 Å². The van der Waals surface area contributed by atoms with Crippen LogP contribution in [0.25, 0.3) is 10.9 Å². The van der Waals surface area contributed by atoms with E-state index in [0.717, 1.165) is 16.5 Å². The summed E-state index contributed by atoms with van der Waals surface area (Å²) in [4.78, 5) is 12.1. The normalized spacial score (nSPS) is 11.1. The van der Waals surface area contributed by atoms with Crippen molar-refractivity contribution < 1.29 is 9.84 Å². The number of nitrogens with one attached hydrogen (secondary N) is 1. The number of anilines is 1. The van der Waals surface area contributed by atoms with Gasteiger partial charge in [0, 0.05) is 18.5 Å². The number of rotatable bonds is 5. The highest BCUT2D eigenvalue weighted by Gasteiger charge is 2.05. The van der Waals surface area contributed by atoms with Crippen LogP contribution in [-0.2, 0) is 7.05 Å². The number of hydrogen-bond donors (Lipinski definition) is 2. The van der Waals surface area contributed by atoms with Gasteiger partial charge in [0.2, 0.25) is 0 Å². The minimum atomic E-state index is -0.111. The maximum atomic E-state index is 12.1. The van der Waals surface area contributed by atoms with Gasteiger partial charge >= 0.3 is 0 Å². The largest absolute Gasteiger partial charge is 0.504 e. The molecule has 25 heavy (non-hydrogen) atoms. The van der Waals surface area contributed by atoms with Gasteiger partial charge in [0.25, 0.3) is 5.56 Å². The molecule has 6 nitrogen and oxygen atoms in total. The fourth-order valence-corrected chi connectivity index (χ4v) is 2.56. The molecule has 0 unspecified atom stereocenters. The molecular weight excluding hydrogens is 318 g/mol. The van der Waals surface area contributed by atoms with E-state index >= 15 is 0 Å². The Bertz CT molecular complexity index is 993. The first-order chi connectivity index (χ1) is 12.1. The topological polar surface area (TPSA) is 75.8 Å². The van der Waals surface area contributed by atoms with Crippen LogP contribution in [0.2, 0.25) is 0 Å². The highest BCUT2D eigenvalue weighted by Crippen LogP contribution is 2.26. The Morgan fingerprint density at radius 3 is 2.84 bits per heavy atom. The number of aromatic nitrogens is 1. The highest BCUT2D eigenvalue weighted by molar-refractivity contribution is 5.92. The van der Waals surface area contributed by atoms with Crippen LogP contribution in [0.15, 0.2) is 58.4 Å². The maximum absolute atomic E-state index is 12.1. The van der Waals surface area contributed by atoms with Crippen LogP contribution in [0.5, 0.6) is 11.5 Å². The van der Waals surface area contributed by atoms with Gasteiger partial charge in [0.1, 0.15) is 0 Å². The monoisotopic (exact) mass is 337 g/mol. The van der Waals surface area contributed by atoms with Crippen molar-refractivity contribution in [1.29, 1.82) is 0 Å². The van der Waals surface area contributed by atoms with Gasteiger partial charge in [0.05, 0.1) is 24.0 Å². The molecule has 0 aliphatic carbocycles. The number of aryl methyl sites for hydroxylation is 1. The molecule has 0 saturated carbocycles. The SMILES string of the molecule is CCOc1cc(/C=N/Nc2cc(=O)n(C)c3ccccc23)ccc1O. The predicted octanol–water partition coefficient (Wildman–Crippen LogP) is 3.09. The van der Waals surface area contributed by atoms with E-state index in [-0.39, 0.29) is 11.3 Å². The second kappa shape index (κ2) is 7.09. The van der Waals surface area contributed by atoms with Gasteiger partial charge in [-0.3, -0.25) is 10.2 Å². The van der Waals surface area contributed by atoms with Gasteiger partial charge in [-0.15, -0.1) is 0 Å². The smallest absolute Gasteiger partial charge is 0.252 e. The summed E-state index contributed by atoms with van der Waals surface area (Å²) in [6.45, 7) is 2.31. The fraction of sp³-hybridized carbons (Fsp3) is 0.158. The molecular formula is C19H19N3O3. The summed E-state index contributed by atoms with van der Waals surface area (Å²) in [7, 11) is 1.74. The molecule has 0 aliphatic rings. The van der Waals surface area contributed by atoms with Crippen LogP contribution >= 0.6 is 0 Å². The van der Waals surface area contributed by atoms with Crippen molar-refractivity contribution in [3.8, 4) is 11.5 Å². The number of benzene rings is 2. The molecule has 2 aromatic carbocycles. The van der Waals surface area contributed by atoms with Gasteiger partial charge in [-0.1, -0.05) is 18.2 Å². The summed E-state index contributed by atoms with van der Waals surface area (Å²) < 4.78 is 6.95. The second-order valence-electron chi connectivity index (χ2n) is 5.50. The van der Waals surface area contributed by atoms with Crippen molar-refractivity contribution in [2.24, 2.45) is 12.1 Å². The van der Waals surface area contributed by atoms with Crippen LogP contribution < -0.4 is 15.7 Å². The molecule has 2 N–H and O–H groups in total. The molecule has 3 aromatic rings. The average molecular weight is 337 g/mol.